The van der Waals surface area contributed by atoms with Crippen LogP contribution in [-0.4, -0.2) is 17.3 Å². The van der Waals surface area contributed by atoms with Crippen molar-refractivity contribution in [3.63, 3.8) is 0 Å². The van der Waals surface area contributed by atoms with Gasteiger partial charge in [0.1, 0.15) is 5.82 Å². The third-order valence-corrected chi connectivity index (χ3v) is 4.07. The van der Waals surface area contributed by atoms with E-state index in [1.807, 2.05) is 0 Å². The third-order valence-electron chi connectivity index (χ3n) is 3.57. The first kappa shape index (κ1) is 13.8. The molecule has 0 amide bonds. The summed E-state index contributed by atoms with van der Waals surface area (Å²) in [5, 5.41) is 13.5. The Morgan fingerprint density at radius 1 is 1.22 bits per heavy atom. The Bertz CT molecular complexity index is 403. The molecule has 0 radical (unpaired) electrons. The Morgan fingerprint density at radius 2 is 1.89 bits per heavy atom. The van der Waals surface area contributed by atoms with E-state index in [0.717, 1.165) is 30.2 Å². The van der Waals surface area contributed by atoms with E-state index in [2.05, 4.69) is 21.2 Å². The minimum Gasteiger partial charge on any atom is -0.388 e. The lowest BCUT2D eigenvalue weighted by Crippen LogP contribution is -2.36. The second-order valence-electron chi connectivity index (χ2n) is 5.12. The second-order valence-corrected chi connectivity index (χ2v) is 6.03. The monoisotopic (exact) mass is 315 g/mol. The first-order valence-corrected chi connectivity index (χ1v) is 7.30. The molecule has 18 heavy (non-hydrogen) atoms. The van der Waals surface area contributed by atoms with E-state index in [4.69, 9.17) is 0 Å². The molecule has 2 nitrogen and oxygen atoms in total. The molecule has 2 rings (SSSR count). The number of rotatable bonds is 3. The van der Waals surface area contributed by atoms with Crippen LogP contribution in [0.4, 0.5) is 10.1 Å². The Kier molecular flexibility index (Phi) is 4.62. The average molecular weight is 316 g/mol. The minimum atomic E-state index is -0.685. The summed E-state index contributed by atoms with van der Waals surface area (Å²) in [4.78, 5) is 0. The summed E-state index contributed by atoms with van der Waals surface area (Å²) >= 11 is 3.23. The Labute approximate surface area is 116 Å². The maximum Gasteiger partial charge on any atom is 0.147 e. The van der Waals surface area contributed by atoms with Crippen LogP contribution in [0.25, 0.3) is 0 Å². The first-order valence-electron chi connectivity index (χ1n) is 6.50. The molecular formula is C14H19BrFNO. The summed E-state index contributed by atoms with van der Waals surface area (Å²) in [7, 11) is 0. The molecule has 1 aromatic rings. The molecule has 1 saturated carbocycles. The van der Waals surface area contributed by atoms with Gasteiger partial charge in [0.05, 0.1) is 11.3 Å². The van der Waals surface area contributed by atoms with Crippen molar-refractivity contribution >= 4 is 21.6 Å². The van der Waals surface area contributed by atoms with Gasteiger partial charge in [0.15, 0.2) is 0 Å². The molecule has 100 valence electrons. The van der Waals surface area contributed by atoms with Gasteiger partial charge in [0.2, 0.25) is 0 Å². The van der Waals surface area contributed by atoms with Gasteiger partial charge in [-0.2, -0.15) is 0 Å². The fraction of sp³-hybridized carbons (Fsp3) is 0.571. The predicted molar refractivity (Wildman–Crippen MR) is 75.2 cm³/mol. The third kappa shape index (κ3) is 3.69. The van der Waals surface area contributed by atoms with Gasteiger partial charge in [-0.05, 0) is 31.0 Å². The number of anilines is 1. The van der Waals surface area contributed by atoms with E-state index in [1.54, 1.807) is 12.1 Å². The number of nitrogens with one attached hydrogen (secondary N) is 1. The molecule has 0 heterocycles. The van der Waals surface area contributed by atoms with Crippen LogP contribution in [0.5, 0.6) is 0 Å². The van der Waals surface area contributed by atoms with Crippen LogP contribution in [0.15, 0.2) is 22.7 Å². The largest absolute Gasteiger partial charge is 0.388 e. The van der Waals surface area contributed by atoms with E-state index in [-0.39, 0.29) is 5.82 Å². The molecule has 4 heteroatoms. The number of hydrogen-bond donors (Lipinski definition) is 2. The fourth-order valence-electron chi connectivity index (χ4n) is 2.46. The quantitative estimate of drug-likeness (QED) is 0.824. The minimum absolute atomic E-state index is 0.290. The van der Waals surface area contributed by atoms with Crippen LogP contribution >= 0.6 is 15.9 Å². The van der Waals surface area contributed by atoms with Crippen LogP contribution in [0, 0.1) is 5.82 Å². The van der Waals surface area contributed by atoms with Crippen LogP contribution in [0.1, 0.15) is 38.5 Å². The highest BCUT2D eigenvalue weighted by Crippen LogP contribution is 2.28. The summed E-state index contributed by atoms with van der Waals surface area (Å²) in [6, 6.07) is 4.92. The van der Waals surface area contributed by atoms with Crippen LogP contribution in [-0.2, 0) is 0 Å². The molecule has 1 fully saturated rings. The fourth-order valence-corrected chi connectivity index (χ4v) is 2.79. The molecule has 2 N–H and O–H groups in total. The summed E-state index contributed by atoms with van der Waals surface area (Å²) in [6.07, 6.45) is 6.10. The van der Waals surface area contributed by atoms with Crippen molar-refractivity contribution in [2.24, 2.45) is 0 Å². The van der Waals surface area contributed by atoms with Crippen molar-refractivity contribution in [2.75, 3.05) is 11.9 Å². The zero-order chi connectivity index (χ0) is 13.0. The van der Waals surface area contributed by atoms with Gasteiger partial charge in [-0.15, -0.1) is 0 Å². The number of aliphatic hydroxyl groups is 1. The normalized spacial score (nSPS) is 19.3. The van der Waals surface area contributed by atoms with Gasteiger partial charge in [-0.1, -0.05) is 41.6 Å². The molecule has 0 atom stereocenters. The summed E-state index contributed by atoms with van der Waals surface area (Å²) in [5.41, 5.74) is -0.230. The van der Waals surface area contributed by atoms with Gasteiger partial charge in [-0.3, -0.25) is 0 Å². The Balaban J connectivity index is 1.97. The summed E-state index contributed by atoms with van der Waals surface area (Å²) in [6.45, 7) is 0.422. The molecule has 0 unspecified atom stereocenters. The van der Waals surface area contributed by atoms with E-state index in [9.17, 15) is 9.50 Å². The summed E-state index contributed by atoms with van der Waals surface area (Å²) in [5.74, 6) is -0.290. The van der Waals surface area contributed by atoms with Crippen LogP contribution < -0.4 is 5.32 Å². The summed E-state index contributed by atoms with van der Waals surface area (Å²) < 4.78 is 14.4. The molecule has 0 spiro atoms. The van der Waals surface area contributed by atoms with E-state index in [1.165, 1.54) is 18.9 Å². The lowest BCUT2D eigenvalue weighted by molar-refractivity contribution is 0.0381. The van der Waals surface area contributed by atoms with Crippen molar-refractivity contribution < 1.29 is 9.50 Å². The molecule has 0 saturated heterocycles. The number of hydrogen-bond acceptors (Lipinski definition) is 2. The SMILES string of the molecule is OC1(CNc2ccc(Br)cc2F)CCCCCC1. The van der Waals surface area contributed by atoms with Gasteiger partial charge >= 0.3 is 0 Å². The smallest absolute Gasteiger partial charge is 0.147 e. The lowest BCUT2D eigenvalue weighted by atomic mass is 9.94. The van der Waals surface area contributed by atoms with E-state index >= 15 is 0 Å². The molecule has 1 aromatic carbocycles. The maximum absolute atomic E-state index is 13.6. The molecule has 1 aliphatic rings. The van der Waals surface area contributed by atoms with Crippen molar-refractivity contribution in [1.82, 2.24) is 0 Å². The Hall–Kier alpha value is -0.610. The van der Waals surface area contributed by atoms with Gasteiger partial charge in [-0.25, -0.2) is 4.39 Å². The van der Waals surface area contributed by atoms with Gasteiger partial charge < -0.3 is 10.4 Å². The van der Waals surface area contributed by atoms with E-state index < -0.39 is 5.60 Å². The topological polar surface area (TPSA) is 32.3 Å². The highest BCUT2D eigenvalue weighted by atomic mass is 79.9. The highest BCUT2D eigenvalue weighted by Gasteiger charge is 2.27. The van der Waals surface area contributed by atoms with Crippen molar-refractivity contribution in [3.8, 4) is 0 Å². The molecule has 0 bridgehead atoms. The highest BCUT2D eigenvalue weighted by molar-refractivity contribution is 9.10. The zero-order valence-electron chi connectivity index (χ0n) is 10.4. The maximum atomic E-state index is 13.6. The molecule has 0 aromatic heterocycles. The average Bonchev–Trinajstić information content (AvgIpc) is 2.54. The number of benzene rings is 1. The van der Waals surface area contributed by atoms with Gasteiger partial charge in [0.25, 0.3) is 0 Å². The molecule has 0 aliphatic heterocycles. The van der Waals surface area contributed by atoms with Crippen molar-refractivity contribution in [3.05, 3.63) is 28.5 Å². The van der Waals surface area contributed by atoms with Gasteiger partial charge in [0, 0.05) is 11.0 Å². The van der Waals surface area contributed by atoms with Crippen molar-refractivity contribution in [1.29, 1.82) is 0 Å². The number of halogens is 2. The Morgan fingerprint density at radius 3 is 2.50 bits per heavy atom. The first-order chi connectivity index (χ1) is 8.59. The van der Waals surface area contributed by atoms with Crippen molar-refractivity contribution in [2.45, 2.75) is 44.1 Å². The predicted octanol–water partition coefficient (Wildman–Crippen LogP) is 4.09. The molecular weight excluding hydrogens is 297 g/mol. The van der Waals surface area contributed by atoms with E-state index in [0.29, 0.717) is 12.2 Å². The van der Waals surface area contributed by atoms with Crippen LogP contribution in [0.2, 0.25) is 0 Å². The zero-order valence-corrected chi connectivity index (χ0v) is 12.0. The van der Waals surface area contributed by atoms with Crippen LogP contribution in [0.3, 0.4) is 0 Å². The lowest BCUT2D eigenvalue weighted by Gasteiger charge is -2.27. The second kappa shape index (κ2) is 6.02. The molecule has 1 aliphatic carbocycles. The standard InChI is InChI=1S/C14H19BrFNO/c15-11-5-6-13(12(16)9-11)17-10-14(18)7-3-1-2-4-8-14/h5-6,9,17-18H,1-4,7-8,10H2.